The molecular formula is C9H6Cl3F3O. The van der Waals surface area contributed by atoms with Gasteiger partial charge in [0.15, 0.2) is 0 Å². The van der Waals surface area contributed by atoms with E-state index in [-0.39, 0.29) is 5.02 Å². The number of alkyl halides is 5. The molecular weight excluding hydrogens is 287 g/mol. The Kier molecular flexibility index (Phi) is 4.35. The molecule has 0 spiro atoms. The van der Waals surface area contributed by atoms with Crippen molar-refractivity contribution in [2.24, 2.45) is 0 Å². The summed E-state index contributed by atoms with van der Waals surface area (Å²) in [6.45, 7) is 0. The van der Waals surface area contributed by atoms with E-state index in [1.165, 1.54) is 6.07 Å². The molecule has 16 heavy (non-hydrogen) atoms. The van der Waals surface area contributed by atoms with Crippen LogP contribution in [0.1, 0.15) is 17.2 Å². The Balaban J connectivity index is 3.29. The molecule has 0 bridgehead atoms. The molecule has 7 heteroatoms. The average molecular weight is 293 g/mol. The van der Waals surface area contributed by atoms with E-state index < -0.39 is 28.2 Å². The van der Waals surface area contributed by atoms with Gasteiger partial charge in [-0.15, -0.1) is 23.2 Å². The predicted octanol–water partition coefficient (Wildman–Crippen LogP) is 4.20. The Morgan fingerprint density at radius 1 is 1.19 bits per heavy atom. The summed E-state index contributed by atoms with van der Waals surface area (Å²) in [5.41, 5.74) is -1.44. The monoisotopic (exact) mass is 292 g/mol. The van der Waals surface area contributed by atoms with E-state index in [9.17, 15) is 18.3 Å². The van der Waals surface area contributed by atoms with E-state index in [2.05, 4.69) is 0 Å². The molecule has 1 N–H and O–H groups in total. The van der Waals surface area contributed by atoms with Gasteiger partial charge in [0.05, 0.1) is 5.56 Å². The lowest BCUT2D eigenvalue weighted by atomic mass is 10.0. The van der Waals surface area contributed by atoms with Crippen molar-refractivity contribution in [2.75, 3.05) is 0 Å². The zero-order valence-electron chi connectivity index (χ0n) is 7.60. The molecule has 1 unspecified atom stereocenters. The van der Waals surface area contributed by atoms with Crippen LogP contribution < -0.4 is 0 Å². The van der Waals surface area contributed by atoms with Crippen LogP contribution in [0.3, 0.4) is 0 Å². The van der Waals surface area contributed by atoms with Crippen LogP contribution in [0, 0.1) is 0 Å². The molecule has 0 radical (unpaired) electrons. The molecule has 0 fully saturated rings. The van der Waals surface area contributed by atoms with Gasteiger partial charge in [0, 0.05) is 5.02 Å². The third kappa shape index (κ3) is 3.17. The number of hydrogen-bond acceptors (Lipinski definition) is 1. The minimum atomic E-state index is -4.62. The molecule has 0 saturated carbocycles. The molecule has 0 heterocycles. The highest BCUT2D eigenvalue weighted by Gasteiger charge is 2.36. The van der Waals surface area contributed by atoms with Gasteiger partial charge >= 0.3 is 6.18 Å². The Morgan fingerprint density at radius 3 is 2.19 bits per heavy atom. The fraction of sp³-hybridized carbons (Fsp3) is 0.333. The third-order valence-corrected chi connectivity index (χ3v) is 2.59. The van der Waals surface area contributed by atoms with E-state index in [1.807, 2.05) is 0 Å². The van der Waals surface area contributed by atoms with Crippen LogP contribution in [0.25, 0.3) is 0 Å². The van der Waals surface area contributed by atoms with E-state index in [4.69, 9.17) is 34.8 Å². The van der Waals surface area contributed by atoms with Gasteiger partial charge in [0.1, 0.15) is 10.9 Å². The van der Waals surface area contributed by atoms with Crippen LogP contribution in [0.4, 0.5) is 13.2 Å². The lowest BCUT2D eigenvalue weighted by molar-refractivity contribution is -0.139. The van der Waals surface area contributed by atoms with Gasteiger partial charge in [-0.25, -0.2) is 0 Å². The first-order chi connectivity index (χ1) is 7.23. The van der Waals surface area contributed by atoms with Crippen molar-refractivity contribution in [1.29, 1.82) is 0 Å². The van der Waals surface area contributed by atoms with Crippen molar-refractivity contribution >= 4 is 34.8 Å². The van der Waals surface area contributed by atoms with Gasteiger partial charge in [0.2, 0.25) is 0 Å². The van der Waals surface area contributed by atoms with Crippen LogP contribution in [-0.4, -0.2) is 9.94 Å². The summed E-state index contributed by atoms with van der Waals surface area (Å²) in [6.07, 6.45) is -6.23. The van der Waals surface area contributed by atoms with Crippen LogP contribution >= 0.6 is 34.8 Å². The molecule has 0 aromatic heterocycles. The molecule has 0 aliphatic rings. The lowest BCUT2D eigenvalue weighted by Crippen LogP contribution is -2.15. The van der Waals surface area contributed by atoms with Gasteiger partial charge in [-0.2, -0.15) is 13.2 Å². The molecule has 1 nitrogen and oxygen atoms in total. The Hall–Kier alpha value is -0.160. The summed E-state index contributed by atoms with van der Waals surface area (Å²) in [6, 6.07) is 3.00. The zero-order chi connectivity index (χ0) is 12.5. The molecule has 1 aromatic rings. The summed E-state index contributed by atoms with van der Waals surface area (Å²) >= 11 is 16.1. The van der Waals surface area contributed by atoms with Crippen molar-refractivity contribution in [3.05, 3.63) is 34.3 Å². The van der Waals surface area contributed by atoms with Gasteiger partial charge in [-0.3, -0.25) is 0 Å². The number of aliphatic hydroxyl groups is 1. The summed E-state index contributed by atoms with van der Waals surface area (Å²) in [4.78, 5) is -1.35. The normalized spacial score (nSPS) is 14.2. The maximum absolute atomic E-state index is 12.6. The highest BCUT2D eigenvalue weighted by Crippen LogP contribution is 2.38. The first-order valence-electron chi connectivity index (χ1n) is 4.06. The molecule has 90 valence electrons. The van der Waals surface area contributed by atoms with Crippen LogP contribution in [0.15, 0.2) is 18.2 Å². The number of halogens is 6. The van der Waals surface area contributed by atoms with Crippen molar-refractivity contribution in [3.8, 4) is 0 Å². The smallest absolute Gasteiger partial charge is 0.386 e. The number of rotatable bonds is 2. The zero-order valence-corrected chi connectivity index (χ0v) is 9.87. The molecule has 0 aliphatic carbocycles. The molecule has 0 amide bonds. The second kappa shape index (κ2) is 5.00. The molecule has 0 saturated heterocycles. The SMILES string of the molecule is OC(c1ccc(Cl)cc1C(F)(F)F)C(Cl)Cl. The molecule has 0 aliphatic heterocycles. The topological polar surface area (TPSA) is 20.2 Å². The van der Waals surface area contributed by atoms with Crippen molar-refractivity contribution < 1.29 is 18.3 Å². The van der Waals surface area contributed by atoms with Crippen molar-refractivity contribution in [3.63, 3.8) is 0 Å². The van der Waals surface area contributed by atoms with Crippen LogP contribution in [0.5, 0.6) is 0 Å². The number of benzene rings is 1. The maximum Gasteiger partial charge on any atom is 0.416 e. The first kappa shape index (κ1) is 13.9. The van der Waals surface area contributed by atoms with Gasteiger partial charge in [0.25, 0.3) is 0 Å². The number of aliphatic hydroxyl groups excluding tert-OH is 1. The largest absolute Gasteiger partial charge is 0.416 e. The average Bonchev–Trinajstić information content (AvgIpc) is 2.15. The third-order valence-electron chi connectivity index (χ3n) is 1.88. The summed E-state index contributed by atoms with van der Waals surface area (Å²) in [5, 5.41) is 9.35. The minimum Gasteiger partial charge on any atom is -0.386 e. The Bertz CT molecular complexity index is 379. The predicted molar refractivity (Wildman–Crippen MR) is 56.9 cm³/mol. The van der Waals surface area contributed by atoms with E-state index in [1.54, 1.807) is 0 Å². The first-order valence-corrected chi connectivity index (χ1v) is 5.31. The van der Waals surface area contributed by atoms with E-state index >= 15 is 0 Å². The van der Waals surface area contributed by atoms with E-state index in [0.717, 1.165) is 12.1 Å². The number of hydrogen-bond donors (Lipinski definition) is 1. The highest BCUT2D eigenvalue weighted by molar-refractivity contribution is 6.44. The fourth-order valence-corrected chi connectivity index (χ4v) is 1.61. The van der Waals surface area contributed by atoms with Crippen LogP contribution in [-0.2, 0) is 6.18 Å². The second-order valence-corrected chi connectivity index (χ2v) is 4.61. The Labute approximate surface area is 105 Å². The highest BCUT2D eigenvalue weighted by atomic mass is 35.5. The Morgan fingerprint density at radius 2 is 1.75 bits per heavy atom. The summed E-state index contributed by atoms with van der Waals surface area (Å²) < 4.78 is 37.8. The standard InChI is InChI=1S/C9H6Cl3F3O/c10-4-1-2-5(7(16)8(11)12)6(3-4)9(13,14)15/h1-3,7-8,16H. The molecule has 1 rings (SSSR count). The van der Waals surface area contributed by atoms with Crippen molar-refractivity contribution in [2.45, 2.75) is 17.1 Å². The van der Waals surface area contributed by atoms with Gasteiger partial charge in [-0.1, -0.05) is 17.7 Å². The molecule has 1 aromatic carbocycles. The van der Waals surface area contributed by atoms with Crippen molar-refractivity contribution in [1.82, 2.24) is 0 Å². The maximum atomic E-state index is 12.6. The lowest BCUT2D eigenvalue weighted by Gasteiger charge is -2.18. The van der Waals surface area contributed by atoms with Crippen LogP contribution in [0.2, 0.25) is 5.02 Å². The minimum absolute atomic E-state index is 0.0797. The summed E-state index contributed by atoms with van der Waals surface area (Å²) in [7, 11) is 0. The van der Waals surface area contributed by atoms with E-state index in [0.29, 0.717) is 0 Å². The summed E-state index contributed by atoms with van der Waals surface area (Å²) in [5.74, 6) is 0. The fourth-order valence-electron chi connectivity index (χ4n) is 1.17. The van der Waals surface area contributed by atoms with Gasteiger partial charge in [-0.05, 0) is 17.7 Å². The molecule has 1 atom stereocenters. The quantitative estimate of drug-likeness (QED) is 0.810. The second-order valence-electron chi connectivity index (χ2n) is 3.01. The van der Waals surface area contributed by atoms with Gasteiger partial charge < -0.3 is 5.11 Å².